The Balaban J connectivity index is 1.80. The number of nitrogens with one attached hydrogen (secondary N) is 2. The number of hydrogen-bond donors (Lipinski definition) is 2. The lowest BCUT2D eigenvalue weighted by molar-refractivity contribution is -0.126. The number of nitrogens with zero attached hydrogens (tertiary/aromatic N) is 2. The number of carbonyl (C=O) groups is 2. The number of hydrogen-bond acceptors (Lipinski definition) is 5. The van der Waals surface area contributed by atoms with Crippen LogP contribution in [0.5, 0.6) is 0 Å². The van der Waals surface area contributed by atoms with Crippen molar-refractivity contribution in [1.29, 1.82) is 0 Å². The van der Waals surface area contributed by atoms with E-state index in [1.165, 1.54) is 0 Å². The van der Waals surface area contributed by atoms with E-state index in [1.807, 2.05) is 20.8 Å². The molecule has 0 aromatic carbocycles. The Kier molecular flexibility index (Phi) is 5.41. The molecule has 2 heterocycles. The summed E-state index contributed by atoms with van der Waals surface area (Å²) in [5.74, 6) is 0.397. The van der Waals surface area contributed by atoms with Crippen LogP contribution in [0, 0.1) is 5.92 Å². The van der Waals surface area contributed by atoms with Crippen LogP contribution in [0.2, 0.25) is 0 Å². The van der Waals surface area contributed by atoms with E-state index in [1.54, 1.807) is 13.1 Å². The van der Waals surface area contributed by atoms with Crippen molar-refractivity contribution < 1.29 is 14.1 Å². The van der Waals surface area contributed by atoms with Crippen LogP contribution >= 0.6 is 0 Å². The van der Waals surface area contributed by atoms with Crippen LogP contribution in [0.4, 0.5) is 5.88 Å². The average Bonchev–Trinajstić information content (AvgIpc) is 2.95. The molecule has 0 aliphatic carbocycles. The molecule has 0 saturated carbocycles. The van der Waals surface area contributed by atoms with Gasteiger partial charge in [0.15, 0.2) is 0 Å². The van der Waals surface area contributed by atoms with Crippen LogP contribution in [0.1, 0.15) is 39.3 Å². The van der Waals surface area contributed by atoms with Crippen LogP contribution in [0.15, 0.2) is 10.6 Å². The predicted octanol–water partition coefficient (Wildman–Crippen LogP) is 1.37. The molecule has 1 aromatic heterocycles. The molecule has 0 atom stereocenters. The minimum absolute atomic E-state index is 0.0583. The first-order valence-electron chi connectivity index (χ1n) is 8.00. The highest BCUT2D eigenvalue weighted by atomic mass is 16.5. The third-order valence-electron chi connectivity index (χ3n) is 4.11. The van der Waals surface area contributed by atoms with Gasteiger partial charge in [0.25, 0.3) is 0 Å². The number of likely N-dealkylation sites (tertiary alicyclic amines) is 1. The number of piperidine rings is 1. The smallest absolute Gasteiger partial charge is 0.240 e. The molecule has 1 saturated heterocycles. The van der Waals surface area contributed by atoms with Gasteiger partial charge in [-0.2, -0.15) is 0 Å². The van der Waals surface area contributed by atoms with E-state index < -0.39 is 0 Å². The zero-order valence-corrected chi connectivity index (χ0v) is 14.3. The van der Waals surface area contributed by atoms with E-state index in [-0.39, 0.29) is 23.1 Å². The second kappa shape index (κ2) is 7.12. The number of amides is 2. The van der Waals surface area contributed by atoms with Crippen LogP contribution in [0.3, 0.4) is 0 Å². The van der Waals surface area contributed by atoms with Gasteiger partial charge in [-0.15, -0.1) is 0 Å². The van der Waals surface area contributed by atoms with E-state index in [0.29, 0.717) is 12.4 Å². The maximum atomic E-state index is 12.1. The molecule has 7 heteroatoms. The fraction of sp³-hybridized carbons (Fsp3) is 0.688. The van der Waals surface area contributed by atoms with E-state index in [0.717, 1.165) is 31.6 Å². The highest BCUT2D eigenvalue weighted by Gasteiger charge is 2.25. The summed E-state index contributed by atoms with van der Waals surface area (Å²) in [7, 11) is 1.66. The predicted molar refractivity (Wildman–Crippen MR) is 87.1 cm³/mol. The molecule has 0 radical (unpaired) electrons. The first-order chi connectivity index (χ1) is 10.8. The van der Waals surface area contributed by atoms with Gasteiger partial charge < -0.3 is 9.84 Å². The van der Waals surface area contributed by atoms with Gasteiger partial charge in [-0.25, -0.2) is 0 Å². The van der Waals surface area contributed by atoms with Crippen molar-refractivity contribution in [2.45, 2.75) is 39.0 Å². The molecule has 0 spiro atoms. The van der Waals surface area contributed by atoms with E-state index in [2.05, 4.69) is 20.7 Å². The zero-order valence-electron chi connectivity index (χ0n) is 14.3. The maximum absolute atomic E-state index is 12.1. The second-order valence-corrected chi connectivity index (χ2v) is 7.04. The number of rotatable bonds is 4. The lowest BCUT2D eigenvalue weighted by Gasteiger charge is -2.30. The average molecular weight is 322 g/mol. The molecular formula is C16H26N4O3. The van der Waals surface area contributed by atoms with Gasteiger partial charge in [0, 0.05) is 24.4 Å². The molecule has 0 unspecified atom stereocenters. The van der Waals surface area contributed by atoms with Gasteiger partial charge >= 0.3 is 0 Å². The molecule has 2 N–H and O–H groups in total. The largest absolute Gasteiger partial charge is 0.359 e. The van der Waals surface area contributed by atoms with E-state index >= 15 is 0 Å². The summed E-state index contributed by atoms with van der Waals surface area (Å²) in [5, 5.41) is 9.40. The molecule has 7 nitrogen and oxygen atoms in total. The van der Waals surface area contributed by atoms with Crippen molar-refractivity contribution >= 4 is 17.7 Å². The fourth-order valence-corrected chi connectivity index (χ4v) is 2.62. The summed E-state index contributed by atoms with van der Waals surface area (Å²) in [4.78, 5) is 25.7. The molecule has 1 aromatic rings. The van der Waals surface area contributed by atoms with Crippen LogP contribution in [0.25, 0.3) is 0 Å². The second-order valence-electron chi connectivity index (χ2n) is 7.04. The van der Waals surface area contributed by atoms with Crippen molar-refractivity contribution in [1.82, 2.24) is 15.4 Å². The molecule has 2 amide bonds. The van der Waals surface area contributed by atoms with Crippen LogP contribution in [-0.2, 0) is 15.0 Å². The maximum Gasteiger partial charge on any atom is 0.240 e. The van der Waals surface area contributed by atoms with Crippen molar-refractivity contribution in [3.63, 3.8) is 0 Å². The first-order valence-corrected chi connectivity index (χ1v) is 8.00. The summed E-state index contributed by atoms with van der Waals surface area (Å²) < 4.78 is 5.16. The molecule has 2 rings (SSSR count). The quantitative estimate of drug-likeness (QED) is 0.874. The Morgan fingerprint density at radius 3 is 2.52 bits per heavy atom. The zero-order chi connectivity index (χ0) is 17.0. The van der Waals surface area contributed by atoms with Gasteiger partial charge in [0.05, 0.1) is 12.2 Å². The summed E-state index contributed by atoms with van der Waals surface area (Å²) in [6, 6.07) is 1.76. The third kappa shape index (κ3) is 4.79. The number of aromatic nitrogens is 1. The molecular weight excluding hydrogens is 296 g/mol. The Labute approximate surface area is 136 Å². The Hall–Kier alpha value is -1.89. The Bertz CT molecular complexity index is 554. The van der Waals surface area contributed by atoms with Gasteiger partial charge in [0.2, 0.25) is 17.7 Å². The SMILES string of the molecule is CNC(=O)C1CCN(CC(=O)Nc2cc(C(C)(C)C)no2)CC1. The van der Waals surface area contributed by atoms with Gasteiger partial charge in [0.1, 0.15) is 0 Å². The lowest BCUT2D eigenvalue weighted by atomic mass is 9.92. The number of carbonyl (C=O) groups excluding carboxylic acids is 2. The molecule has 1 aliphatic rings. The Morgan fingerprint density at radius 2 is 2.00 bits per heavy atom. The fourth-order valence-electron chi connectivity index (χ4n) is 2.62. The highest BCUT2D eigenvalue weighted by Crippen LogP contribution is 2.23. The minimum Gasteiger partial charge on any atom is -0.359 e. The molecule has 1 aliphatic heterocycles. The normalized spacial score (nSPS) is 17.0. The molecule has 0 bridgehead atoms. The summed E-state index contributed by atoms with van der Waals surface area (Å²) in [5.41, 5.74) is 0.688. The van der Waals surface area contributed by atoms with Crippen LogP contribution in [-0.4, -0.2) is 48.6 Å². The summed E-state index contributed by atoms with van der Waals surface area (Å²) in [6.45, 7) is 7.89. The minimum atomic E-state index is -0.125. The molecule has 23 heavy (non-hydrogen) atoms. The van der Waals surface area contributed by atoms with Gasteiger partial charge in [-0.3, -0.25) is 19.8 Å². The Morgan fingerprint density at radius 1 is 1.35 bits per heavy atom. The van der Waals surface area contributed by atoms with Gasteiger partial charge in [-0.05, 0) is 25.9 Å². The summed E-state index contributed by atoms with van der Waals surface area (Å²) in [6.07, 6.45) is 1.56. The lowest BCUT2D eigenvalue weighted by Crippen LogP contribution is -2.42. The van der Waals surface area contributed by atoms with Crippen molar-refractivity contribution in [3.05, 3.63) is 11.8 Å². The van der Waals surface area contributed by atoms with Crippen molar-refractivity contribution in [2.75, 3.05) is 32.0 Å². The monoisotopic (exact) mass is 322 g/mol. The van der Waals surface area contributed by atoms with Crippen molar-refractivity contribution in [2.24, 2.45) is 5.92 Å². The molecule has 1 fully saturated rings. The first kappa shape index (κ1) is 17.5. The number of anilines is 1. The topological polar surface area (TPSA) is 87.5 Å². The van der Waals surface area contributed by atoms with Gasteiger partial charge in [-0.1, -0.05) is 25.9 Å². The third-order valence-corrected chi connectivity index (χ3v) is 4.11. The van der Waals surface area contributed by atoms with E-state index in [9.17, 15) is 9.59 Å². The highest BCUT2D eigenvalue weighted by molar-refractivity contribution is 5.91. The van der Waals surface area contributed by atoms with Crippen LogP contribution < -0.4 is 10.6 Å². The van der Waals surface area contributed by atoms with E-state index in [4.69, 9.17) is 4.52 Å². The summed E-state index contributed by atoms with van der Waals surface area (Å²) >= 11 is 0. The standard InChI is InChI=1S/C16H26N4O3/c1-16(2,3)12-9-14(23-19-12)18-13(21)10-20-7-5-11(6-8-20)15(22)17-4/h9,11H,5-8,10H2,1-4H3,(H,17,22)(H,18,21). The van der Waals surface area contributed by atoms with Crippen molar-refractivity contribution in [3.8, 4) is 0 Å². The molecule has 128 valence electrons.